The second kappa shape index (κ2) is 10.5. The molecule has 3 rings (SSSR count). The standard InChI is InChI=1S/C24H31ClN2O2/c1-2-3-7-19(18-8-11-21(28)12-9-18)17-26-24(29)22-16-20(25)10-13-23(22)27-14-5-4-6-15-27/h8-13,16,19,28H,2-7,14-15,17H2,1H3,(H,26,29). The van der Waals surface area contributed by atoms with Gasteiger partial charge in [0.2, 0.25) is 0 Å². The number of phenolic OH excluding ortho intramolecular Hbond substituents is 1. The van der Waals surface area contributed by atoms with Crippen LogP contribution >= 0.6 is 11.6 Å². The third kappa shape index (κ3) is 5.89. The quantitative estimate of drug-likeness (QED) is 0.579. The molecule has 2 N–H and O–H groups in total. The second-order valence-corrected chi connectivity index (χ2v) is 8.29. The number of halogens is 1. The number of aromatic hydroxyl groups is 1. The van der Waals surface area contributed by atoms with Gasteiger partial charge in [-0.05, 0) is 61.6 Å². The summed E-state index contributed by atoms with van der Waals surface area (Å²) in [6, 6.07) is 12.9. The summed E-state index contributed by atoms with van der Waals surface area (Å²) in [5.41, 5.74) is 2.76. The Kier molecular flexibility index (Phi) is 7.82. The normalized spacial score (nSPS) is 15.2. The number of hydrogen-bond donors (Lipinski definition) is 2. The minimum atomic E-state index is -0.0756. The topological polar surface area (TPSA) is 52.6 Å². The fourth-order valence-corrected chi connectivity index (χ4v) is 4.17. The molecule has 1 saturated heterocycles. The molecule has 29 heavy (non-hydrogen) atoms. The molecule has 2 aromatic rings. The minimum absolute atomic E-state index is 0.0756. The molecule has 0 aromatic heterocycles. The van der Waals surface area contributed by atoms with Crippen molar-refractivity contribution < 1.29 is 9.90 Å². The summed E-state index contributed by atoms with van der Waals surface area (Å²) in [6.45, 7) is 4.70. The molecule has 1 aliphatic rings. The van der Waals surface area contributed by atoms with E-state index >= 15 is 0 Å². The number of unbranched alkanes of at least 4 members (excludes halogenated alkanes) is 1. The molecule has 1 aliphatic heterocycles. The van der Waals surface area contributed by atoms with Gasteiger partial charge in [-0.25, -0.2) is 0 Å². The van der Waals surface area contributed by atoms with Gasteiger partial charge in [-0.2, -0.15) is 0 Å². The Labute approximate surface area is 178 Å². The molecule has 156 valence electrons. The summed E-state index contributed by atoms with van der Waals surface area (Å²) >= 11 is 6.22. The van der Waals surface area contributed by atoms with Crippen molar-refractivity contribution in [3.63, 3.8) is 0 Å². The highest BCUT2D eigenvalue weighted by molar-refractivity contribution is 6.31. The third-order valence-corrected chi connectivity index (χ3v) is 5.91. The first-order chi connectivity index (χ1) is 14.1. The Morgan fingerprint density at radius 3 is 2.55 bits per heavy atom. The number of nitrogens with one attached hydrogen (secondary N) is 1. The fraction of sp³-hybridized carbons (Fsp3) is 0.458. The van der Waals surface area contributed by atoms with Gasteiger partial charge in [0, 0.05) is 36.3 Å². The first kappa shape index (κ1) is 21.5. The molecule has 0 radical (unpaired) electrons. The molecular weight excluding hydrogens is 384 g/mol. The van der Waals surface area contributed by atoms with Gasteiger partial charge >= 0.3 is 0 Å². The number of nitrogens with zero attached hydrogens (tertiary/aromatic N) is 1. The van der Waals surface area contributed by atoms with Crippen LogP contribution in [-0.2, 0) is 0 Å². The van der Waals surface area contributed by atoms with Crippen molar-refractivity contribution in [3.8, 4) is 5.75 Å². The number of rotatable bonds is 8. The van der Waals surface area contributed by atoms with Crippen LogP contribution < -0.4 is 10.2 Å². The predicted molar refractivity (Wildman–Crippen MR) is 120 cm³/mol. The maximum Gasteiger partial charge on any atom is 0.253 e. The molecule has 1 amide bonds. The van der Waals surface area contributed by atoms with E-state index in [1.807, 2.05) is 24.3 Å². The average molecular weight is 415 g/mol. The van der Waals surface area contributed by atoms with Gasteiger partial charge in [0.1, 0.15) is 5.75 Å². The molecule has 0 aliphatic carbocycles. The number of carbonyl (C=O) groups is 1. The highest BCUT2D eigenvalue weighted by Gasteiger charge is 2.20. The van der Waals surface area contributed by atoms with Crippen LogP contribution in [0, 0.1) is 0 Å². The van der Waals surface area contributed by atoms with Crippen molar-refractivity contribution in [2.24, 2.45) is 0 Å². The fourth-order valence-electron chi connectivity index (χ4n) is 4.00. The molecule has 1 heterocycles. The average Bonchev–Trinajstić information content (AvgIpc) is 2.75. The Bertz CT molecular complexity index is 801. The van der Waals surface area contributed by atoms with Crippen LogP contribution in [0.1, 0.15) is 67.3 Å². The maximum absolute atomic E-state index is 13.1. The summed E-state index contributed by atoms with van der Waals surface area (Å²) in [4.78, 5) is 15.4. The van der Waals surface area contributed by atoms with Gasteiger partial charge in [0.05, 0.1) is 5.56 Å². The Morgan fingerprint density at radius 1 is 1.14 bits per heavy atom. The first-order valence-corrected chi connectivity index (χ1v) is 11.1. The number of anilines is 1. The number of amides is 1. The number of phenols is 1. The van der Waals surface area contributed by atoms with Crippen molar-refractivity contribution >= 4 is 23.2 Å². The predicted octanol–water partition coefficient (Wildman–Crippen LogP) is 5.74. The molecule has 1 atom stereocenters. The third-order valence-electron chi connectivity index (χ3n) is 5.68. The van der Waals surface area contributed by atoms with Crippen LogP contribution in [0.25, 0.3) is 0 Å². The van der Waals surface area contributed by atoms with Crippen LogP contribution in [-0.4, -0.2) is 30.6 Å². The van der Waals surface area contributed by atoms with E-state index in [9.17, 15) is 9.90 Å². The molecule has 0 saturated carbocycles. The van der Waals surface area contributed by atoms with Crippen molar-refractivity contribution in [2.45, 2.75) is 51.4 Å². The van der Waals surface area contributed by atoms with Crippen LogP contribution in [0.4, 0.5) is 5.69 Å². The number of hydrogen-bond acceptors (Lipinski definition) is 3. The molecule has 5 heteroatoms. The Morgan fingerprint density at radius 2 is 1.86 bits per heavy atom. The van der Waals surface area contributed by atoms with Gasteiger partial charge in [0.25, 0.3) is 5.91 Å². The minimum Gasteiger partial charge on any atom is -0.508 e. The van der Waals surface area contributed by atoms with Gasteiger partial charge < -0.3 is 15.3 Å². The zero-order valence-corrected chi connectivity index (χ0v) is 17.9. The van der Waals surface area contributed by atoms with Crippen molar-refractivity contribution in [2.75, 3.05) is 24.5 Å². The number of piperidine rings is 1. The lowest BCUT2D eigenvalue weighted by atomic mass is 9.93. The lowest BCUT2D eigenvalue weighted by Crippen LogP contribution is -2.34. The zero-order valence-electron chi connectivity index (χ0n) is 17.2. The first-order valence-electron chi connectivity index (χ1n) is 10.7. The van der Waals surface area contributed by atoms with Crippen LogP contribution in [0.2, 0.25) is 5.02 Å². The molecule has 2 aromatic carbocycles. The van der Waals surface area contributed by atoms with E-state index in [2.05, 4.69) is 17.1 Å². The SMILES string of the molecule is CCCCC(CNC(=O)c1cc(Cl)ccc1N1CCCCC1)c1ccc(O)cc1. The van der Waals surface area contributed by atoms with Gasteiger partial charge in [-0.1, -0.05) is 43.5 Å². The van der Waals surface area contributed by atoms with E-state index < -0.39 is 0 Å². The van der Waals surface area contributed by atoms with Crippen molar-refractivity contribution in [3.05, 3.63) is 58.6 Å². The Balaban J connectivity index is 1.74. The van der Waals surface area contributed by atoms with Crippen LogP contribution in [0.3, 0.4) is 0 Å². The lowest BCUT2D eigenvalue weighted by Gasteiger charge is -2.30. The molecule has 4 nitrogen and oxygen atoms in total. The van der Waals surface area contributed by atoms with Crippen LogP contribution in [0.15, 0.2) is 42.5 Å². The van der Waals surface area contributed by atoms with Gasteiger partial charge in [0.15, 0.2) is 0 Å². The van der Waals surface area contributed by atoms with E-state index in [0.717, 1.165) is 56.4 Å². The zero-order chi connectivity index (χ0) is 20.6. The number of carbonyl (C=O) groups excluding carboxylic acids is 1. The van der Waals surface area contributed by atoms with E-state index in [0.29, 0.717) is 17.1 Å². The van der Waals surface area contributed by atoms with Crippen molar-refractivity contribution in [1.82, 2.24) is 5.32 Å². The largest absolute Gasteiger partial charge is 0.508 e. The summed E-state index contributed by atoms with van der Waals surface area (Å²) in [6.07, 6.45) is 6.76. The summed E-state index contributed by atoms with van der Waals surface area (Å²) < 4.78 is 0. The van der Waals surface area contributed by atoms with E-state index in [1.54, 1.807) is 18.2 Å². The van der Waals surface area contributed by atoms with E-state index in [4.69, 9.17) is 11.6 Å². The van der Waals surface area contributed by atoms with E-state index in [-0.39, 0.29) is 17.6 Å². The summed E-state index contributed by atoms with van der Waals surface area (Å²) in [7, 11) is 0. The van der Waals surface area contributed by atoms with Crippen LogP contribution in [0.5, 0.6) is 5.75 Å². The highest BCUT2D eigenvalue weighted by atomic mass is 35.5. The van der Waals surface area contributed by atoms with Crippen molar-refractivity contribution in [1.29, 1.82) is 0 Å². The molecule has 1 fully saturated rings. The molecule has 0 bridgehead atoms. The van der Waals surface area contributed by atoms with Gasteiger partial charge in [-0.15, -0.1) is 0 Å². The summed E-state index contributed by atoms with van der Waals surface area (Å²) in [5.74, 6) is 0.405. The van der Waals surface area contributed by atoms with E-state index in [1.165, 1.54) is 6.42 Å². The molecular formula is C24H31ClN2O2. The highest BCUT2D eigenvalue weighted by Crippen LogP contribution is 2.28. The summed E-state index contributed by atoms with van der Waals surface area (Å²) in [5, 5.41) is 13.3. The molecule has 1 unspecified atom stereocenters. The smallest absolute Gasteiger partial charge is 0.253 e. The number of benzene rings is 2. The lowest BCUT2D eigenvalue weighted by molar-refractivity contribution is 0.0951. The monoisotopic (exact) mass is 414 g/mol. The molecule has 0 spiro atoms. The Hall–Kier alpha value is -2.20. The maximum atomic E-state index is 13.1. The van der Waals surface area contributed by atoms with Gasteiger partial charge in [-0.3, -0.25) is 4.79 Å². The second-order valence-electron chi connectivity index (χ2n) is 7.85.